The number of rotatable bonds is 3. The van der Waals surface area contributed by atoms with E-state index in [1.165, 1.54) is 12.5 Å². The van der Waals surface area contributed by atoms with Gasteiger partial charge in [-0.2, -0.15) is 0 Å². The Morgan fingerprint density at radius 3 is 2.48 bits per heavy atom. The van der Waals surface area contributed by atoms with Crippen molar-refractivity contribution in [3.05, 3.63) is 35.6 Å². The number of carbonyl (C=O) groups is 1. The average Bonchev–Trinajstić information content (AvgIpc) is 2.48. The van der Waals surface area contributed by atoms with Gasteiger partial charge in [0.25, 0.3) is 0 Å². The predicted octanol–water partition coefficient (Wildman–Crippen LogP) is 3.37. The molecule has 2 saturated carbocycles. The van der Waals surface area contributed by atoms with Gasteiger partial charge in [-0.25, -0.2) is 4.39 Å². The summed E-state index contributed by atoms with van der Waals surface area (Å²) < 4.78 is 13.9. The fourth-order valence-electron chi connectivity index (χ4n) is 4.28. The third-order valence-corrected chi connectivity index (χ3v) is 5.45. The van der Waals surface area contributed by atoms with Crippen LogP contribution in [0.15, 0.2) is 24.3 Å². The van der Waals surface area contributed by atoms with E-state index in [4.69, 9.17) is 5.73 Å². The van der Waals surface area contributed by atoms with Gasteiger partial charge in [-0.1, -0.05) is 24.6 Å². The van der Waals surface area contributed by atoms with Gasteiger partial charge in [-0.15, -0.1) is 12.4 Å². The van der Waals surface area contributed by atoms with Crippen LogP contribution >= 0.6 is 12.4 Å². The smallest absolute Gasteiger partial charge is 0.227 e. The van der Waals surface area contributed by atoms with Crippen molar-refractivity contribution < 1.29 is 9.18 Å². The molecule has 2 aliphatic rings. The fourth-order valence-corrected chi connectivity index (χ4v) is 4.28. The van der Waals surface area contributed by atoms with Crippen LogP contribution in [0, 0.1) is 17.7 Å². The predicted molar refractivity (Wildman–Crippen MR) is 92.0 cm³/mol. The standard InChI is InChI=1S/C18H25FN2O.ClH/c1-11(15-7-2-3-8-16(15)19)18(22)21-17-12-5-4-6-13(17)10-14(20)9-12;/h2-3,7-8,11-14,17H,4-6,9-10,20H2,1H3,(H,21,22);1H. The largest absolute Gasteiger partial charge is 0.352 e. The summed E-state index contributed by atoms with van der Waals surface area (Å²) in [6.45, 7) is 1.78. The molecule has 2 bridgehead atoms. The van der Waals surface area contributed by atoms with Gasteiger partial charge in [0.15, 0.2) is 0 Å². The lowest BCUT2D eigenvalue weighted by Crippen LogP contribution is -2.54. The molecule has 128 valence electrons. The first-order valence-electron chi connectivity index (χ1n) is 8.36. The lowest BCUT2D eigenvalue weighted by atomic mass is 9.67. The summed E-state index contributed by atoms with van der Waals surface area (Å²) in [5.74, 6) is 0.134. The molecular weight excluding hydrogens is 315 g/mol. The molecule has 0 aliphatic heterocycles. The van der Waals surface area contributed by atoms with Crippen molar-refractivity contribution in [3.63, 3.8) is 0 Å². The number of halogens is 2. The highest BCUT2D eigenvalue weighted by atomic mass is 35.5. The maximum atomic E-state index is 13.9. The minimum atomic E-state index is -0.461. The van der Waals surface area contributed by atoms with E-state index >= 15 is 0 Å². The molecule has 1 aromatic carbocycles. The second kappa shape index (κ2) is 7.63. The summed E-state index contributed by atoms with van der Waals surface area (Å²) in [5.41, 5.74) is 6.60. The molecule has 0 spiro atoms. The minimum absolute atomic E-state index is 0. The van der Waals surface area contributed by atoms with Crippen molar-refractivity contribution >= 4 is 18.3 Å². The highest BCUT2D eigenvalue weighted by Gasteiger charge is 2.40. The van der Waals surface area contributed by atoms with Crippen LogP contribution in [0.25, 0.3) is 0 Å². The molecule has 3 atom stereocenters. The van der Waals surface area contributed by atoms with Gasteiger partial charge < -0.3 is 11.1 Å². The van der Waals surface area contributed by atoms with Gasteiger partial charge >= 0.3 is 0 Å². The Balaban J connectivity index is 0.00000192. The quantitative estimate of drug-likeness (QED) is 0.886. The second-order valence-electron chi connectivity index (χ2n) is 6.96. The number of benzene rings is 1. The van der Waals surface area contributed by atoms with E-state index in [0.717, 1.165) is 25.7 Å². The Labute approximate surface area is 143 Å². The third-order valence-electron chi connectivity index (χ3n) is 5.45. The first kappa shape index (κ1) is 18.2. The molecule has 3 unspecified atom stereocenters. The van der Waals surface area contributed by atoms with Gasteiger partial charge in [0.05, 0.1) is 5.92 Å². The molecule has 3 rings (SSSR count). The zero-order valence-electron chi connectivity index (χ0n) is 13.5. The van der Waals surface area contributed by atoms with Crippen molar-refractivity contribution in [3.8, 4) is 0 Å². The number of nitrogens with two attached hydrogens (primary N) is 1. The molecule has 0 saturated heterocycles. The molecule has 5 heteroatoms. The molecule has 0 aromatic heterocycles. The Kier molecular flexibility index (Phi) is 6.04. The molecule has 2 fully saturated rings. The van der Waals surface area contributed by atoms with E-state index < -0.39 is 5.92 Å². The number of carbonyl (C=O) groups excluding carboxylic acids is 1. The maximum absolute atomic E-state index is 13.9. The van der Waals surface area contributed by atoms with Crippen LogP contribution in [0.1, 0.15) is 50.5 Å². The van der Waals surface area contributed by atoms with Crippen molar-refractivity contribution in [1.82, 2.24) is 5.32 Å². The van der Waals surface area contributed by atoms with E-state index in [1.807, 2.05) is 0 Å². The van der Waals surface area contributed by atoms with Crippen molar-refractivity contribution in [1.29, 1.82) is 0 Å². The Morgan fingerprint density at radius 2 is 1.87 bits per heavy atom. The number of nitrogens with one attached hydrogen (secondary N) is 1. The topological polar surface area (TPSA) is 55.1 Å². The van der Waals surface area contributed by atoms with Crippen molar-refractivity contribution in [2.24, 2.45) is 17.6 Å². The summed E-state index contributed by atoms with van der Waals surface area (Å²) in [6.07, 6.45) is 5.51. The van der Waals surface area contributed by atoms with E-state index in [0.29, 0.717) is 17.4 Å². The molecule has 2 aliphatic carbocycles. The van der Waals surface area contributed by atoms with Crippen LogP contribution in [0.4, 0.5) is 4.39 Å². The number of amides is 1. The van der Waals surface area contributed by atoms with Gasteiger partial charge in [0, 0.05) is 12.1 Å². The van der Waals surface area contributed by atoms with Gasteiger partial charge in [-0.3, -0.25) is 4.79 Å². The summed E-state index contributed by atoms with van der Waals surface area (Å²) >= 11 is 0. The van der Waals surface area contributed by atoms with Crippen molar-refractivity contribution in [2.45, 2.75) is 57.0 Å². The number of hydrogen-bond donors (Lipinski definition) is 2. The lowest BCUT2D eigenvalue weighted by molar-refractivity contribution is -0.124. The van der Waals surface area contributed by atoms with Crippen LogP contribution in [0.5, 0.6) is 0 Å². The molecule has 0 heterocycles. The van der Waals surface area contributed by atoms with Crippen LogP contribution < -0.4 is 11.1 Å². The molecule has 0 radical (unpaired) electrons. The molecule has 3 N–H and O–H groups in total. The highest BCUT2D eigenvalue weighted by Crippen LogP contribution is 2.40. The number of fused-ring (bicyclic) bond motifs is 2. The average molecular weight is 341 g/mol. The second-order valence-corrected chi connectivity index (χ2v) is 6.96. The van der Waals surface area contributed by atoms with Gasteiger partial charge in [0.2, 0.25) is 5.91 Å². The van der Waals surface area contributed by atoms with Gasteiger partial charge in [-0.05, 0) is 56.1 Å². The first-order valence-corrected chi connectivity index (χ1v) is 8.36. The van der Waals surface area contributed by atoms with E-state index in [2.05, 4.69) is 5.32 Å². The third kappa shape index (κ3) is 3.86. The van der Waals surface area contributed by atoms with Crippen LogP contribution in [-0.4, -0.2) is 18.0 Å². The summed E-state index contributed by atoms with van der Waals surface area (Å²) in [7, 11) is 0. The normalized spacial score (nSPS) is 30.9. The molecule has 1 aromatic rings. The zero-order valence-corrected chi connectivity index (χ0v) is 14.3. The first-order chi connectivity index (χ1) is 10.6. The highest BCUT2D eigenvalue weighted by molar-refractivity contribution is 5.85. The van der Waals surface area contributed by atoms with Crippen LogP contribution in [0.2, 0.25) is 0 Å². The Hall–Kier alpha value is -1.13. The summed E-state index contributed by atoms with van der Waals surface area (Å²) in [6, 6.07) is 7.01. The molecular formula is C18H26ClFN2O. The summed E-state index contributed by atoms with van der Waals surface area (Å²) in [4.78, 5) is 12.6. The fraction of sp³-hybridized carbons (Fsp3) is 0.611. The Bertz CT molecular complexity index is 540. The monoisotopic (exact) mass is 340 g/mol. The Morgan fingerprint density at radius 1 is 1.26 bits per heavy atom. The number of hydrogen-bond acceptors (Lipinski definition) is 2. The maximum Gasteiger partial charge on any atom is 0.227 e. The lowest BCUT2D eigenvalue weighted by Gasteiger charge is -2.45. The molecule has 3 nitrogen and oxygen atoms in total. The van der Waals surface area contributed by atoms with Gasteiger partial charge in [0.1, 0.15) is 5.82 Å². The van der Waals surface area contributed by atoms with E-state index in [9.17, 15) is 9.18 Å². The van der Waals surface area contributed by atoms with E-state index in [1.54, 1.807) is 25.1 Å². The molecule has 1 amide bonds. The van der Waals surface area contributed by atoms with Crippen molar-refractivity contribution in [2.75, 3.05) is 0 Å². The SMILES string of the molecule is CC(C(=O)NC1C2CCCC1CC(N)C2)c1ccccc1F.Cl. The van der Waals surface area contributed by atoms with E-state index in [-0.39, 0.29) is 36.2 Å². The zero-order chi connectivity index (χ0) is 15.7. The van der Waals surface area contributed by atoms with Crippen LogP contribution in [0.3, 0.4) is 0 Å². The summed E-state index contributed by atoms with van der Waals surface area (Å²) in [5, 5.41) is 3.21. The van der Waals surface area contributed by atoms with Crippen LogP contribution in [-0.2, 0) is 4.79 Å². The minimum Gasteiger partial charge on any atom is -0.352 e. The molecule has 23 heavy (non-hydrogen) atoms.